The molecule has 1 unspecified atom stereocenters. The molecule has 1 aliphatic rings. The zero-order chi connectivity index (χ0) is 37.6. The van der Waals surface area contributed by atoms with Crippen LogP contribution in [0, 0.1) is 24.6 Å². The monoisotopic (exact) mass is 745 g/mol. The van der Waals surface area contributed by atoms with Gasteiger partial charge in [0.25, 0.3) is 8.32 Å². The summed E-state index contributed by atoms with van der Waals surface area (Å²) in [6.45, 7) is 8.24. The van der Waals surface area contributed by atoms with Crippen LogP contribution in [0.15, 0.2) is 115 Å². The minimum Gasteiger partial charge on any atom is -0.481 e. The van der Waals surface area contributed by atoms with Crippen LogP contribution in [-0.4, -0.2) is 43.2 Å². The molecule has 53 heavy (non-hydrogen) atoms. The molecule has 9 heteroatoms. The Labute approximate surface area is 313 Å². The number of carboxylic acids is 1. The first-order valence-electron chi connectivity index (χ1n) is 18.0. The number of pyridine rings is 1. The van der Waals surface area contributed by atoms with Gasteiger partial charge in [-0.15, -0.1) is 0 Å². The van der Waals surface area contributed by atoms with E-state index in [1.54, 1.807) is 12.1 Å². The number of aliphatic carboxylic acids is 1. The third kappa shape index (κ3) is 8.78. The van der Waals surface area contributed by atoms with Crippen LogP contribution < -0.4 is 10.4 Å². The summed E-state index contributed by atoms with van der Waals surface area (Å²) in [5.74, 6) is 5.30. The van der Waals surface area contributed by atoms with Crippen LogP contribution in [0.1, 0.15) is 62.8 Å². The number of carboxylic acid groups (broad SMARTS) is 1. The maximum absolute atomic E-state index is 14.0. The van der Waals surface area contributed by atoms with Crippen molar-refractivity contribution in [1.29, 1.82) is 0 Å². The topological polar surface area (TPSA) is 85.7 Å². The van der Waals surface area contributed by atoms with Gasteiger partial charge in [0.15, 0.2) is 8.03 Å². The molecule has 0 saturated heterocycles. The average molecular weight is 746 g/mol. The lowest BCUT2D eigenvalue weighted by Gasteiger charge is -2.45. The van der Waals surface area contributed by atoms with E-state index < -0.39 is 33.5 Å². The van der Waals surface area contributed by atoms with E-state index in [9.17, 15) is 18.9 Å². The number of hydrogen-bond acceptors (Lipinski definition) is 5. The van der Waals surface area contributed by atoms with Gasteiger partial charge in [-0.25, -0.2) is 4.39 Å². The summed E-state index contributed by atoms with van der Waals surface area (Å²) in [4.78, 5) is 17.3. The second kappa shape index (κ2) is 16.6. The Morgan fingerprint density at radius 3 is 2.00 bits per heavy atom. The van der Waals surface area contributed by atoms with Crippen LogP contribution in [0.5, 0.6) is 0 Å². The maximum atomic E-state index is 14.0. The fourth-order valence-corrected chi connectivity index (χ4v) is 12.9. The first kappa shape index (κ1) is 38.1. The van der Waals surface area contributed by atoms with E-state index in [4.69, 9.17) is 13.9 Å². The summed E-state index contributed by atoms with van der Waals surface area (Å²) in [7, 11) is -5.89. The molecule has 1 heterocycles. The summed E-state index contributed by atoms with van der Waals surface area (Å²) in [5, 5.41) is 11.6. The molecule has 272 valence electrons. The van der Waals surface area contributed by atoms with Crippen LogP contribution in [0.2, 0.25) is 5.04 Å². The number of aromatic nitrogens is 1. The Bertz CT molecular complexity index is 2090. The van der Waals surface area contributed by atoms with Crippen LogP contribution in [-0.2, 0) is 18.3 Å². The third-order valence-corrected chi connectivity index (χ3v) is 16.0. The molecule has 0 bridgehead atoms. The molecule has 4 aromatic carbocycles. The molecule has 0 radical (unpaired) electrons. The van der Waals surface area contributed by atoms with Gasteiger partial charge in [-0.2, -0.15) is 0 Å². The fourth-order valence-electron chi connectivity index (χ4n) is 7.10. The number of halogens is 1. The largest absolute Gasteiger partial charge is 0.481 e. The number of rotatable bonds is 13. The van der Waals surface area contributed by atoms with E-state index in [0.717, 1.165) is 62.4 Å². The molecule has 6 rings (SSSR count). The van der Waals surface area contributed by atoms with Crippen molar-refractivity contribution < 1.29 is 27.8 Å². The first-order valence-corrected chi connectivity index (χ1v) is 21.4. The second-order valence-corrected chi connectivity index (χ2v) is 20.2. The molecule has 2 atom stereocenters. The van der Waals surface area contributed by atoms with Crippen LogP contribution in [0.25, 0.3) is 22.4 Å². The molecular formula is C44H45FNO5PSi. The average Bonchev–Trinajstić information content (AvgIpc) is 3.99. The van der Waals surface area contributed by atoms with Gasteiger partial charge in [-0.1, -0.05) is 136 Å². The van der Waals surface area contributed by atoms with Crippen LogP contribution in [0.4, 0.5) is 4.39 Å². The van der Waals surface area contributed by atoms with Gasteiger partial charge in [0.2, 0.25) is 0 Å². The number of nitrogens with zero attached hydrogens (tertiary/aromatic N) is 1. The Balaban J connectivity index is 1.29. The Morgan fingerprint density at radius 1 is 0.906 bits per heavy atom. The maximum Gasteiger partial charge on any atom is 0.305 e. The van der Waals surface area contributed by atoms with Gasteiger partial charge in [-0.3, -0.25) is 14.3 Å². The molecule has 1 aromatic heterocycles. The lowest BCUT2D eigenvalue weighted by molar-refractivity contribution is -0.138. The fraction of sp³-hybridized carbons (Fsp3) is 0.273. The minimum atomic E-state index is -3.12. The van der Waals surface area contributed by atoms with Crippen molar-refractivity contribution in [2.45, 2.75) is 64.0 Å². The third-order valence-electron chi connectivity index (χ3n) is 9.69. The van der Waals surface area contributed by atoms with E-state index in [-0.39, 0.29) is 30.9 Å². The summed E-state index contributed by atoms with van der Waals surface area (Å²) < 4.78 is 40.5. The van der Waals surface area contributed by atoms with Crippen molar-refractivity contribution in [3.05, 3.63) is 138 Å². The number of carbonyl (C=O) groups is 1. The molecule has 0 amide bonds. The van der Waals surface area contributed by atoms with E-state index in [1.165, 1.54) is 12.1 Å². The van der Waals surface area contributed by atoms with E-state index in [0.29, 0.717) is 0 Å². The lowest BCUT2D eigenvalue weighted by Crippen LogP contribution is -2.68. The van der Waals surface area contributed by atoms with E-state index in [2.05, 4.69) is 32.6 Å². The Morgan fingerprint density at radius 2 is 1.47 bits per heavy atom. The Kier molecular flexibility index (Phi) is 11.9. The molecule has 6 nitrogen and oxygen atoms in total. The van der Waals surface area contributed by atoms with Crippen molar-refractivity contribution in [2.24, 2.45) is 0 Å². The van der Waals surface area contributed by atoms with Crippen molar-refractivity contribution in [2.75, 3.05) is 12.8 Å². The predicted molar refractivity (Wildman–Crippen MR) is 213 cm³/mol. The standard InChI is InChI=1S/C44H45FNO5PSi/c1-31-41(32-24-26-35(45)27-25-32)39(43(34-22-23-34)46-42(31)33-15-8-5-9-16-33)21-14-28-50-52(49)30-36(29-40(47)48)51-53(44(2,3)4,37-17-10-6-11-18-37)38-19-12-7-13-20-38/h5-13,15-20,24-27,34,36,52H,22-23,28-30H2,1-4H3,(H,47,48)/t36-/m0/s1. The first-order chi connectivity index (χ1) is 25.5. The van der Waals surface area contributed by atoms with Crippen LogP contribution in [0.3, 0.4) is 0 Å². The van der Waals surface area contributed by atoms with E-state index >= 15 is 0 Å². The minimum absolute atomic E-state index is 0.0657. The molecule has 1 aliphatic carbocycles. The zero-order valence-electron chi connectivity index (χ0n) is 30.6. The lowest BCUT2D eigenvalue weighted by atomic mass is 9.90. The number of hydrogen-bond donors (Lipinski definition) is 1. The van der Waals surface area contributed by atoms with Crippen molar-refractivity contribution in [3.8, 4) is 34.2 Å². The number of benzene rings is 4. The predicted octanol–water partition coefficient (Wildman–Crippen LogP) is 9.00. The highest BCUT2D eigenvalue weighted by Crippen LogP contribution is 2.45. The highest BCUT2D eigenvalue weighted by molar-refractivity contribution is 7.39. The molecule has 0 aliphatic heterocycles. The summed E-state index contributed by atoms with van der Waals surface area (Å²) in [5.41, 5.74) is 6.18. The molecule has 0 spiro atoms. The molecule has 1 fully saturated rings. The molecule has 5 aromatic rings. The van der Waals surface area contributed by atoms with Crippen molar-refractivity contribution in [1.82, 2.24) is 4.98 Å². The quantitative estimate of drug-likeness (QED) is 0.0736. The van der Waals surface area contributed by atoms with Gasteiger partial charge < -0.3 is 14.1 Å². The molecular weight excluding hydrogens is 701 g/mol. The summed E-state index contributed by atoms with van der Waals surface area (Å²) in [6, 6.07) is 36.3. The Hall–Kier alpha value is -4.64. The van der Waals surface area contributed by atoms with E-state index in [1.807, 2.05) is 97.9 Å². The SMILES string of the molecule is Cc1c(-c2ccccc2)nc(C2CC2)c(C#CCO[PH](=O)C[C@H](CC(=O)O)O[Si](c2ccccc2)(c2ccccc2)C(C)(C)C)c1-c1ccc(F)cc1. The van der Waals surface area contributed by atoms with Gasteiger partial charge in [-0.05, 0) is 58.4 Å². The smallest absolute Gasteiger partial charge is 0.305 e. The summed E-state index contributed by atoms with van der Waals surface area (Å²) in [6.07, 6.45) is 0.761. The zero-order valence-corrected chi connectivity index (χ0v) is 32.6. The molecule has 1 saturated carbocycles. The summed E-state index contributed by atoms with van der Waals surface area (Å²) >= 11 is 0. The second-order valence-electron chi connectivity index (χ2n) is 14.5. The van der Waals surface area contributed by atoms with Gasteiger partial charge in [0.05, 0.1) is 29.5 Å². The van der Waals surface area contributed by atoms with Crippen molar-refractivity contribution in [3.63, 3.8) is 0 Å². The van der Waals surface area contributed by atoms with Gasteiger partial charge in [0.1, 0.15) is 12.4 Å². The van der Waals surface area contributed by atoms with Crippen molar-refractivity contribution >= 4 is 32.7 Å². The van der Waals surface area contributed by atoms with Crippen LogP contribution >= 0.6 is 8.03 Å². The van der Waals surface area contributed by atoms with Gasteiger partial charge in [0, 0.05) is 23.2 Å². The highest BCUT2D eigenvalue weighted by Gasteiger charge is 2.51. The normalized spacial score (nSPS) is 14.2. The molecule has 1 N–H and O–H groups in total. The highest BCUT2D eigenvalue weighted by atomic mass is 31.1. The van der Waals surface area contributed by atoms with Gasteiger partial charge >= 0.3 is 5.97 Å².